The van der Waals surface area contributed by atoms with Crippen molar-refractivity contribution < 1.29 is 4.79 Å². The molecule has 1 aliphatic carbocycles. The summed E-state index contributed by atoms with van der Waals surface area (Å²) >= 11 is 0. The number of fused-ring (bicyclic) bond motifs is 2. The van der Waals surface area contributed by atoms with Gasteiger partial charge in [0, 0.05) is 5.56 Å². The van der Waals surface area contributed by atoms with E-state index in [1.165, 1.54) is 11.1 Å². The van der Waals surface area contributed by atoms with Crippen LogP contribution in [-0.4, -0.2) is 5.91 Å². The van der Waals surface area contributed by atoms with E-state index in [4.69, 9.17) is 0 Å². The molecular formula is C12H13NO. The van der Waals surface area contributed by atoms with E-state index in [0.717, 1.165) is 24.8 Å². The van der Waals surface area contributed by atoms with E-state index in [1.807, 2.05) is 6.07 Å². The van der Waals surface area contributed by atoms with E-state index in [-0.39, 0.29) is 11.4 Å². The number of amides is 1. The number of aryl methyl sites for hydroxylation is 1. The third kappa shape index (κ3) is 0.884. The maximum atomic E-state index is 11.7. The van der Waals surface area contributed by atoms with Crippen molar-refractivity contribution in [3.8, 4) is 0 Å². The number of rotatable bonds is 1. The smallest absolute Gasteiger partial charge is 0.252 e. The molecule has 1 aromatic carbocycles. The fourth-order valence-corrected chi connectivity index (χ4v) is 2.29. The highest BCUT2D eigenvalue weighted by Crippen LogP contribution is 2.50. The number of carbonyl (C=O) groups excluding carboxylic acids is 1. The molecule has 0 bridgehead atoms. The van der Waals surface area contributed by atoms with Crippen LogP contribution in [0.15, 0.2) is 18.2 Å². The third-order valence-electron chi connectivity index (χ3n) is 3.36. The molecule has 2 nitrogen and oxygen atoms in total. The van der Waals surface area contributed by atoms with Crippen LogP contribution in [-0.2, 0) is 12.0 Å². The largest absolute Gasteiger partial charge is 0.342 e. The normalized spacial score (nSPS) is 20.8. The van der Waals surface area contributed by atoms with Crippen molar-refractivity contribution in [2.45, 2.75) is 31.7 Å². The Morgan fingerprint density at radius 1 is 1.43 bits per heavy atom. The summed E-state index contributed by atoms with van der Waals surface area (Å²) in [5.41, 5.74) is 3.41. The Kier molecular flexibility index (Phi) is 1.37. The van der Waals surface area contributed by atoms with Gasteiger partial charge < -0.3 is 5.32 Å². The first kappa shape index (κ1) is 8.04. The van der Waals surface area contributed by atoms with Gasteiger partial charge in [0.1, 0.15) is 0 Å². The van der Waals surface area contributed by atoms with Gasteiger partial charge in [-0.3, -0.25) is 4.79 Å². The molecule has 1 N–H and O–H groups in total. The molecule has 0 atom stereocenters. The Hall–Kier alpha value is -1.31. The van der Waals surface area contributed by atoms with Gasteiger partial charge in [0.15, 0.2) is 0 Å². The summed E-state index contributed by atoms with van der Waals surface area (Å²) in [6.07, 6.45) is 3.21. The molecule has 14 heavy (non-hydrogen) atoms. The summed E-state index contributed by atoms with van der Waals surface area (Å²) in [6, 6.07) is 6.30. The van der Waals surface area contributed by atoms with E-state index in [2.05, 4.69) is 24.4 Å². The Morgan fingerprint density at radius 2 is 2.21 bits per heavy atom. The van der Waals surface area contributed by atoms with Crippen molar-refractivity contribution in [2.75, 3.05) is 0 Å². The fourth-order valence-electron chi connectivity index (χ4n) is 2.29. The van der Waals surface area contributed by atoms with Crippen molar-refractivity contribution >= 4 is 5.91 Å². The Bertz CT molecular complexity index is 418. The highest BCUT2D eigenvalue weighted by molar-refractivity contribution is 6.00. The predicted octanol–water partition coefficient (Wildman–Crippen LogP) is 1.98. The van der Waals surface area contributed by atoms with Gasteiger partial charge in [-0.2, -0.15) is 0 Å². The summed E-state index contributed by atoms with van der Waals surface area (Å²) in [5.74, 6) is 0.118. The molecule has 1 spiro atoms. The molecule has 1 heterocycles. The molecule has 0 radical (unpaired) electrons. The first-order valence-corrected chi connectivity index (χ1v) is 5.21. The zero-order valence-corrected chi connectivity index (χ0v) is 8.26. The molecule has 0 saturated heterocycles. The van der Waals surface area contributed by atoms with Gasteiger partial charge in [-0.15, -0.1) is 0 Å². The molecule has 0 unspecified atom stereocenters. The van der Waals surface area contributed by atoms with Gasteiger partial charge in [-0.05, 0) is 36.5 Å². The van der Waals surface area contributed by atoms with E-state index >= 15 is 0 Å². The number of nitrogens with one attached hydrogen (secondary N) is 1. The summed E-state index contributed by atoms with van der Waals surface area (Å²) in [7, 11) is 0. The third-order valence-corrected chi connectivity index (χ3v) is 3.36. The fraction of sp³-hybridized carbons (Fsp3) is 0.417. The Balaban J connectivity index is 2.17. The van der Waals surface area contributed by atoms with Crippen LogP contribution in [0.3, 0.4) is 0 Å². The van der Waals surface area contributed by atoms with E-state index < -0.39 is 0 Å². The second-order valence-electron chi connectivity index (χ2n) is 4.27. The Morgan fingerprint density at radius 3 is 2.86 bits per heavy atom. The van der Waals surface area contributed by atoms with Crippen molar-refractivity contribution in [1.82, 2.24) is 5.32 Å². The molecule has 1 aromatic rings. The van der Waals surface area contributed by atoms with Crippen LogP contribution in [0.1, 0.15) is 41.3 Å². The molecule has 1 fully saturated rings. The molecule has 1 saturated carbocycles. The van der Waals surface area contributed by atoms with Gasteiger partial charge in [-0.25, -0.2) is 0 Å². The maximum absolute atomic E-state index is 11.7. The van der Waals surface area contributed by atoms with Gasteiger partial charge in [0.05, 0.1) is 5.54 Å². The topological polar surface area (TPSA) is 29.1 Å². The van der Waals surface area contributed by atoms with E-state index in [1.54, 1.807) is 0 Å². The lowest BCUT2D eigenvalue weighted by Crippen LogP contribution is -2.25. The standard InChI is InChI=1S/C12H13NO/c1-2-8-3-4-10-9(7-8)11(14)13-12(10)5-6-12/h3-4,7H,2,5-6H2,1H3,(H,13,14). The maximum Gasteiger partial charge on any atom is 0.252 e. The summed E-state index contributed by atoms with van der Waals surface area (Å²) in [5, 5.41) is 3.08. The molecule has 2 aliphatic rings. The average Bonchev–Trinajstić information content (AvgIpc) is 2.91. The summed E-state index contributed by atoms with van der Waals surface area (Å²) < 4.78 is 0. The molecule has 3 rings (SSSR count). The summed E-state index contributed by atoms with van der Waals surface area (Å²) in [6.45, 7) is 2.11. The molecule has 2 heteroatoms. The molecule has 1 amide bonds. The minimum atomic E-state index is 0.0404. The van der Waals surface area contributed by atoms with Crippen molar-refractivity contribution in [2.24, 2.45) is 0 Å². The van der Waals surface area contributed by atoms with E-state index in [0.29, 0.717) is 0 Å². The second-order valence-corrected chi connectivity index (χ2v) is 4.27. The lowest BCUT2D eigenvalue weighted by atomic mass is 10.00. The molecule has 0 aromatic heterocycles. The highest BCUT2D eigenvalue weighted by Gasteiger charge is 2.51. The minimum absolute atomic E-state index is 0.0404. The van der Waals surface area contributed by atoms with Crippen molar-refractivity contribution in [1.29, 1.82) is 0 Å². The first-order chi connectivity index (χ1) is 6.75. The van der Waals surface area contributed by atoms with Gasteiger partial charge >= 0.3 is 0 Å². The van der Waals surface area contributed by atoms with Crippen LogP contribution in [0, 0.1) is 0 Å². The monoisotopic (exact) mass is 187 g/mol. The minimum Gasteiger partial charge on any atom is -0.342 e. The van der Waals surface area contributed by atoms with Crippen LogP contribution in [0.4, 0.5) is 0 Å². The molecule has 1 aliphatic heterocycles. The average molecular weight is 187 g/mol. The van der Waals surface area contributed by atoms with Crippen molar-refractivity contribution in [3.05, 3.63) is 34.9 Å². The number of hydrogen-bond donors (Lipinski definition) is 1. The van der Waals surface area contributed by atoms with Crippen LogP contribution < -0.4 is 5.32 Å². The van der Waals surface area contributed by atoms with Gasteiger partial charge in [0.25, 0.3) is 5.91 Å². The van der Waals surface area contributed by atoms with Crippen LogP contribution in [0.25, 0.3) is 0 Å². The van der Waals surface area contributed by atoms with Crippen LogP contribution in [0.2, 0.25) is 0 Å². The predicted molar refractivity (Wildman–Crippen MR) is 54.2 cm³/mol. The van der Waals surface area contributed by atoms with E-state index in [9.17, 15) is 4.79 Å². The zero-order chi connectivity index (χ0) is 9.76. The lowest BCUT2D eigenvalue weighted by molar-refractivity contribution is 0.0952. The van der Waals surface area contributed by atoms with Crippen molar-refractivity contribution in [3.63, 3.8) is 0 Å². The van der Waals surface area contributed by atoms with Crippen LogP contribution in [0.5, 0.6) is 0 Å². The lowest BCUT2D eigenvalue weighted by Gasteiger charge is -2.07. The number of carbonyl (C=O) groups is 1. The van der Waals surface area contributed by atoms with Gasteiger partial charge in [0.2, 0.25) is 0 Å². The number of benzene rings is 1. The Labute approximate surface area is 83.3 Å². The molecular weight excluding hydrogens is 174 g/mol. The SMILES string of the molecule is CCc1ccc2c(c1)C(=O)NC21CC1. The van der Waals surface area contributed by atoms with Crippen LogP contribution >= 0.6 is 0 Å². The number of hydrogen-bond acceptors (Lipinski definition) is 1. The first-order valence-electron chi connectivity index (χ1n) is 5.21. The van der Waals surface area contributed by atoms with Gasteiger partial charge in [-0.1, -0.05) is 19.1 Å². The zero-order valence-electron chi connectivity index (χ0n) is 8.26. The highest BCUT2D eigenvalue weighted by atomic mass is 16.2. The molecule has 72 valence electrons. The second kappa shape index (κ2) is 2.38. The summed E-state index contributed by atoms with van der Waals surface area (Å²) in [4.78, 5) is 11.7. The quantitative estimate of drug-likeness (QED) is 0.715.